The maximum atomic E-state index is 6.38. The lowest BCUT2D eigenvalue weighted by atomic mass is 9.83. The number of benzene rings is 6. The van der Waals surface area contributed by atoms with Gasteiger partial charge in [-0.2, -0.15) is 0 Å². The number of rotatable bonds is 6. The minimum absolute atomic E-state index is 0.932. The lowest BCUT2D eigenvalue weighted by Gasteiger charge is -2.23. The number of nitrogens with zero attached hydrogens (tertiary/aromatic N) is 2. The van der Waals surface area contributed by atoms with Gasteiger partial charge >= 0.3 is 0 Å². The van der Waals surface area contributed by atoms with E-state index in [4.69, 9.17) is 11.5 Å². The molecule has 0 saturated heterocycles. The molecule has 52 heavy (non-hydrogen) atoms. The van der Waals surface area contributed by atoms with Crippen LogP contribution in [0.25, 0.3) is 88.4 Å². The summed E-state index contributed by atoms with van der Waals surface area (Å²) in [7, 11) is 0. The zero-order valence-electron chi connectivity index (χ0n) is 29.5. The Morgan fingerprint density at radius 3 is 1.65 bits per heavy atom. The number of aromatic nitrogens is 2. The average Bonchev–Trinajstić information content (AvgIpc) is 3.70. The first kappa shape index (κ1) is 31.5. The van der Waals surface area contributed by atoms with Gasteiger partial charge in [-0.15, -0.1) is 0 Å². The summed E-state index contributed by atoms with van der Waals surface area (Å²) in [6, 6.07) is 44.3. The number of allylic oxidation sites excluding steroid dienone is 6. The van der Waals surface area contributed by atoms with E-state index in [2.05, 4.69) is 155 Å². The van der Waals surface area contributed by atoms with Crippen LogP contribution in [-0.2, 0) is 12.8 Å². The predicted octanol–water partition coefficient (Wildman–Crippen LogP) is 11.7. The minimum atomic E-state index is 0.932. The van der Waals surface area contributed by atoms with E-state index in [-0.39, 0.29) is 0 Å². The highest BCUT2D eigenvalue weighted by atomic mass is 15.0. The molecule has 0 unspecified atom stereocenters. The third-order valence-electron chi connectivity index (χ3n) is 10.7. The van der Waals surface area contributed by atoms with Crippen molar-refractivity contribution < 1.29 is 0 Å². The van der Waals surface area contributed by atoms with Gasteiger partial charge in [0.05, 0.1) is 33.5 Å². The molecule has 0 radical (unpaired) electrons. The van der Waals surface area contributed by atoms with Crippen LogP contribution in [0, 0.1) is 0 Å². The molecule has 0 saturated carbocycles. The van der Waals surface area contributed by atoms with Crippen molar-refractivity contribution >= 4 is 55.0 Å². The van der Waals surface area contributed by atoms with E-state index in [0.717, 1.165) is 40.8 Å². The van der Waals surface area contributed by atoms with Crippen LogP contribution in [0.3, 0.4) is 0 Å². The van der Waals surface area contributed by atoms with Crippen molar-refractivity contribution in [2.45, 2.75) is 26.7 Å². The Morgan fingerprint density at radius 1 is 0.500 bits per heavy atom. The first-order chi connectivity index (χ1) is 25.6. The zero-order valence-corrected chi connectivity index (χ0v) is 29.5. The number of hydrogen-bond donors (Lipinski definition) is 2. The van der Waals surface area contributed by atoms with E-state index >= 15 is 0 Å². The molecule has 9 rings (SSSR count). The molecule has 0 spiro atoms. The molecule has 252 valence electrons. The number of fused-ring (bicyclic) bond motifs is 10. The summed E-state index contributed by atoms with van der Waals surface area (Å²) in [6.07, 6.45) is 13.6. The number of hydrogen-bond acceptors (Lipinski definition) is 2. The SMILES string of the molecule is C/C=C\C(=C/N)n1c2ccc(-c3ccccc3)cc2c2cc3c(cc21)-c1ccc2c4cc(-c5ccccc5)ccc4n(C(/C=C\C)=C/N)c2c1CC3. The number of nitrogens with two attached hydrogens (primary N) is 2. The van der Waals surface area contributed by atoms with Crippen molar-refractivity contribution in [2.75, 3.05) is 0 Å². The molecule has 2 heterocycles. The molecule has 4 N–H and O–H groups in total. The van der Waals surface area contributed by atoms with Gasteiger partial charge < -0.3 is 20.6 Å². The second kappa shape index (κ2) is 12.7. The second-order valence-electron chi connectivity index (χ2n) is 13.6. The monoisotopic (exact) mass is 672 g/mol. The fourth-order valence-electron chi connectivity index (χ4n) is 8.43. The summed E-state index contributed by atoms with van der Waals surface area (Å²) < 4.78 is 4.68. The molecule has 1 aliphatic rings. The molecule has 0 bridgehead atoms. The first-order valence-electron chi connectivity index (χ1n) is 18.1. The minimum Gasteiger partial charge on any atom is -0.403 e. The highest BCUT2D eigenvalue weighted by molar-refractivity contribution is 6.16. The molecular formula is C48H40N4. The van der Waals surface area contributed by atoms with Crippen molar-refractivity contribution in [3.63, 3.8) is 0 Å². The molecule has 0 fully saturated rings. The maximum absolute atomic E-state index is 6.38. The third kappa shape index (κ3) is 4.83. The van der Waals surface area contributed by atoms with Gasteiger partial charge in [0.1, 0.15) is 0 Å². The fraction of sp³-hybridized carbons (Fsp3) is 0.0833. The van der Waals surface area contributed by atoms with Gasteiger partial charge in [-0.25, -0.2) is 0 Å². The molecule has 4 heteroatoms. The van der Waals surface area contributed by atoms with Crippen molar-refractivity contribution in [2.24, 2.45) is 11.5 Å². The summed E-state index contributed by atoms with van der Waals surface area (Å²) in [5.41, 5.74) is 29.4. The molecule has 4 nitrogen and oxygen atoms in total. The van der Waals surface area contributed by atoms with Crippen LogP contribution < -0.4 is 11.5 Å². The van der Waals surface area contributed by atoms with E-state index in [1.54, 1.807) is 12.4 Å². The van der Waals surface area contributed by atoms with Crippen LogP contribution in [0.15, 0.2) is 158 Å². The Kier molecular flexibility index (Phi) is 7.66. The van der Waals surface area contributed by atoms with Gasteiger partial charge in [0.25, 0.3) is 0 Å². The van der Waals surface area contributed by atoms with Gasteiger partial charge in [-0.3, -0.25) is 0 Å². The van der Waals surface area contributed by atoms with Crippen molar-refractivity contribution in [3.05, 3.63) is 169 Å². The zero-order chi connectivity index (χ0) is 35.3. The molecule has 8 aromatic rings. The van der Waals surface area contributed by atoms with Gasteiger partial charge in [0, 0.05) is 33.9 Å². The lowest BCUT2D eigenvalue weighted by Crippen LogP contribution is -2.08. The van der Waals surface area contributed by atoms with Crippen LogP contribution >= 0.6 is 0 Å². The largest absolute Gasteiger partial charge is 0.403 e. The Hall–Kier alpha value is -6.52. The highest BCUT2D eigenvalue weighted by Crippen LogP contribution is 2.46. The van der Waals surface area contributed by atoms with E-state index in [1.807, 2.05) is 13.8 Å². The third-order valence-corrected chi connectivity index (χ3v) is 10.7. The van der Waals surface area contributed by atoms with Crippen LogP contribution in [0.1, 0.15) is 25.0 Å². The van der Waals surface area contributed by atoms with Gasteiger partial charge in [0.2, 0.25) is 0 Å². The summed E-state index contributed by atoms with van der Waals surface area (Å²) >= 11 is 0. The maximum Gasteiger partial charge on any atom is 0.0613 e. The molecule has 0 amide bonds. The van der Waals surface area contributed by atoms with E-state index < -0.39 is 0 Å². The second-order valence-corrected chi connectivity index (χ2v) is 13.6. The van der Waals surface area contributed by atoms with Crippen molar-refractivity contribution in [1.29, 1.82) is 0 Å². The van der Waals surface area contributed by atoms with Crippen LogP contribution in [0.4, 0.5) is 0 Å². The summed E-state index contributed by atoms with van der Waals surface area (Å²) in [6.45, 7) is 4.08. The van der Waals surface area contributed by atoms with Gasteiger partial charge in [0.15, 0.2) is 0 Å². The Labute approximate surface area is 303 Å². The van der Waals surface area contributed by atoms with Crippen LogP contribution in [0.2, 0.25) is 0 Å². The lowest BCUT2D eigenvalue weighted by molar-refractivity contribution is 0.946. The number of aryl methyl sites for hydroxylation is 2. The Morgan fingerprint density at radius 2 is 1.06 bits per heavy atom. The normalized spacial score (nSPS) is 13.7. The average molecular weight is 673 g/mol. The molecule has 2 aromatic heterocycles. The Balaban J connectivity index is 1.32. The molecule has 1 aliphatic carbocycles. The summed E-state index contributed by atoms with van der Waals surface area (Å²) in [4.78, 5) is 0. The van der Waals surface area contributed by atoms with Crippen molar-refractivity contribution in [3.8, 4) is 33.4 Å². The molecule has 0 atom stereocenters. The van der Waals surface area contributed by atoms with Crippen LogP contribution in [0.5, 0.6) is 0 Å². The topological polar surface area (TPSA) is 61.9 Å². The molecular weight excluding hydrogens is 633 g/mol. The highest BCUT2D eigenvalue weighted by Gasteiger charge is 2.26. The quantitative estimate of drug-likeness (QED) is 0.173. The summed E-state index contributed by atoms with van der Waals surface area (Å²) in [5.74, 6) is 0. The molecule has 0 aliphatic heterocycles. The standard InChI is InChI=1S/C48H40N4/c1-3-11-36(29-49)51-45-23-18-34(32-15-9-6-10-16-32)26-43(45)44-27-35-17-20-39-38(41(35)28-47(44)51)21-22-40-42-25-33(31-13-7-5-8-14-31)19-24-46(42)52(48(39)40)37(30-50)12-4-2/h3-16,18-19,21-30H,17,20,49-50H2,1-2H3/b11-3-,12-4-,36-29+,37-30+. The van der Waals surface area contributed by atoms with Crippen LogP contribution in [-0.4, -0.2) is 9.13 Å². The fourth-order valence-corrected chi connectivity index (χ4v) is 8.43. The van der Waals surface area contributed by atoms with E-state index in [9.17, 15) is 0 Å². The van der Waals surface area contributed by atoms with E-state index in [0.29, 0.717) is 0 Å². The predicted molar refractivity (Wildman–Crippen MR) is 223 cm³/mol. The summed E-state index contributed by atoms with van der Waals surface area (Å²) in [5, 5.41) is 4.93. The first-order valence-corrected chi connectivity index (χ1v) is 18.1. The van der Waals surface area contributed by atoms with Gasteiger partial charge in [-0.1, -0.05) is 97.1 Å². The Bertz CT molecular complexity index is 2750. The smallest absolute Gasteiger partial charge is 0.0613 e. The van der Waals surface area contributed by atoms with E-state index in [1.165, 1.54) is 71.6 Å². The van der Waals surface area contributed by atoms with Crippen molar-refractivity contribution in [1.82, 2.24) is 9.13 Å². The molecule has 6 aromatic carbocycles. The van der Waals surface area contributed by atoms with Gasteiger partial charge in [-0.05, 0) is 120 Å².